The Kier molecular flexibility index (Phi) is 4.41. The van der Waals surface area contributed by atoms with Crippen molar-refractivity contribution in [2.45, 2.75) is 44.2 Å². The van der Waals surface area contributed by atoms with Gasteiger partial charge in [-0.25, -0.2) is 14.3 Å². The highest BCUT2D eigenvalue weighted by Gasteiger charge is 2.45. The Balaban J connectivity index is 1.19. The summed E-state index contributed by atoms with van der Waals surface area (Å²) in [7, 11) is 0. The summed E-state index contributed by atoms with van der Waals surface area (Å²) < 4.78 is 10.2. The van der Waals surface area contributed by atoms with Gasteiger partial charge in [0.15, 0.2) is 0 Å². The molecule has 160 valence electrons. The van der Waals surface area contributed by atoms with Crippen LogP contribution in [0.3, 0.4) is 0 Å². The number of nitrogens with zero attached hydrogens (tertiary/aromatic N) is 6. The minimum atomic E-state index is -0.379. The predicted octanol–water partition coefficient (Wildman–Crippen LogP) is 2.12. The Bertz CT molecular complexity index is 1100. The second-order valence-electron chi connectivity index (χ2n) is 8.80. The summed E-state index contributed by atoms with van der Waals surface area (Å²) >= 11 is 0. The number of para-hydroxylation sites is 1. The average Bonchev–Trinajstić information content (AvgIpc) is 3.47. The Hall–Kier alpha value is -3.00. The van der Waals surface area contributed by atoms with Gasteiger partial charge in [0.2, 0.25) is 5.91 Å². The number of ether oxygens (including phenoxy) is 1. The minimum absolute atomic E-state index is 0.0108. The molecule has 1 spiro atoms. The van der Waals surface area contributed by atoms with Crippen molar-refractivity contribution >= 4 is 5.91 Å². The molecule has 6 rings (SSSR count). The summed E-state index contributed by atoms with van der Waals surface area (Å²) in [4.78, 5) is 19.5. The Labute approximate surface area is 180 Å². The highest BCUT2D eigenvalue weighted by atomic mass is 16.5. The van der Waals surface area contributed by atoms with Crippen LogP contribution in [0.5, 0.6) is 0 Å². The molecule has 5 heterocycles. The molecule has 0 N–H and O–H groups in total. The predicted molar refractivity (Wildman–Crippen MR) is 113 cm³/mol. The molecule has 3 aromatic rings. The number of carbonyl (C=O) groups is 1. The lowest BCUT2D eigenvalue weighted by Crippen LogP contribution is -2.50. The summed E-state index contributed by atoms with van der Waals surface area (Å²) in [5.41, 5.74) is 3.00. The normalized spacial score (nSPS) is 22.2. The Morgan fingerprint density at radius 2 is 1.97 bits per heavy atom. The third kappa shape index (κ3) is 3.17. The summed E-state index contributed by atoms with van der Waals surface area (Å²) in [6.45, 7) is 2.76. The van der Waals surface area contributed by atoms with Crippen LogP contribution < -0.4 is 0 Å². The number of likely N-dealkylation sites (tertiary alicyclic amines) is 1. The molecule has 0 bridgehead atoms. The summed E-state index contributed by atoms with van der Waals surface area (Å²) in [5.74, 6) is 1.21. The van der Waals surface area contributed by atoms with Crippen LogP contribution in [0, 0.1) is 5.92 Å². The van der Waals surface area contributed by atoms with E-state index in [-0.39, 0.29) is 17.4 Å². The van der Waals surface area contributed by atoms with Crippen LogP contribution in [0.2, 0.25) is 0 Å². The zero-order valence-corrected chi connectivity index (χ0v) is 17.5. The second-order valence-corrected chi connectivity index (χ2v) is 8.80. The van der Waals surface area contributed by atoms with Crippen LogP contribution in [-0.4, -0.2) is 55.0 Å². The molecular formula is C23H26N6O2. The quantitative estimate of drug-likeness (QED) is 0.637. The van der Waals surface area contributed by atoms with Crippen LogP contribution in [-0.2, 0) is 34.5 Å². The molecule has 1 saturated heterocycles. The van der Waals surface area contributed by atoms with Crippen LogP contribution in [0.1, 0.15) is 36.3 Å². The van der Waals surface area contributed by atoms with Gasteiger partial charge < -0.3 is 9.64 Å². The maximum absolute atomic E-state index is 13.2. The van der Waals surface area contributed by atoms with Crippen LogP contribution in [0.25, 0.3) is 5.69 Å². The zero-order chi connectivity index (χ0) is 20.8. The van der Waals surface area contributed by atoms with Gasteiger partial charge >= 0.3 is 0 Å². The topological polar surface area (TPSA) is 78.1 Å². The number of benzene rings is 1. The van der Waals surface area contributed by atoms with Crippen molar-refractivity contribution in [3.63, 3.8) is 0 Å². The first-order valence-corrected chi connectivity index (χ1v) is 11.2. The van der Waals surface area contributed by atoms with Gasteiger partial charge in [0.25, 0.3) is 0 Å². The number of hydrogen-bond donors (Lipinski definition) is 0. The summed E-state index contributed by atoms with van der Waals surface area (Å²) in [6.07, 6.45) is 7.86. The monoisotopic (exact) mass is 418 g/mol. The maximum Gasteiger partial charge on any atom is 0.227 e. The van der Waals surface area contributed by atoms with E-state index in [1.807, 2.05) is 32.5 Å². The van der Waals surface area contributed by atoms with E-state index in [9.17, 15) is 4.79 Å². The van der Waals surface area contributed by atoms with E-state index in [1.54, 1.807) is 6.33 Å². The van der Waals surface area contributed by atoms with Crippen molar-refractivity contribution in [3.05, 3.63) is 59.9 Å². The zero-order valence-electron chi connectivity index (χ0n) is 17.5. The number of fused-ring (bicyclic) bond motifs is 3. The number of amides is 1. The molecule has 1 fully saturated rings. The Morgan fingerprint density at radius 3 is 2.81 bits per heavy atom. The highest BCUT2D eigenvalue weighted by molar-refractivity contribution is 5.79. The number of carbonyl (C=O) groups excluding carboxylic acids is 1. The number of aryl methyl sites for hydroxylation is 1. The van der Waals surface area contributed by atoms with E-state index < -0.39 is 0 Å². The van der Waals surface area contributed by atoms with E-state index in [1.165, 1.54) is 5.56 Å². The van der Waals surface area contributed by atoms with Gasteiger partial charge in [-0.2, -0.15) is 10.2 Å². The first kappa shape index (κ1) is 18.7. The van der Waals surface area contributed by atoms with E-state index in [2.05, 4.69) is 28.4 Å². The van der Waals surface area contributed by atoms with Crippen LogP contribution in [0.4, 0.5) is 0 Å². The maximum atomic E-state index is 13.2. The fraction of sp³-hybridized carbons (Fsp3) is 0.478. The van der Waals surface area contributed by atoms with Crippen molar-refractivity contribution < 1.29 is 9.53 Å². The lowest BCUT2D eigenvalue weighted by Gasteiger charge is -2.43. The molecule has 3 aliphatic heterocycles. The van der Waals surface area contributed by atoms with Crippen molar-refractivity contribution in [1.29, 1.82) is 0 Å². The van der Waals surface area contributed by atoms with Gasteiger partial charge in [0, 0.05) is 25.7 Å². The van der Waals surface area contributed by atoms with Gasteiger partial charge in [-0.3, -0.25) is 4.79 Å². The fourth-order valence-electron chi connectivity index (χ4n) is 5.28. The smallest absolute Gasteiger partial charge is 0.227 e. The first-order valence-electron chi connectivity index (χ1n) is 11.2. The molecule has 0 aliphatic carbocycles. The Morgan fingerprint density at radius 1 is 1.13 bits per heavy atom. The third-order valence-corrected chi connectivity index (χ3v) is 7.03. The van der Waals surface area contributed by atoms with Crippen molar-refractivity contribution in [1.82, 2.24) is 29.4 Å². The van der Waals surface area contributed by atoms with Crippen LogP contribution in [0.15, 0.2) is 42.9 Å². The van der Waals surface area contributed by atoms with Crippen molar-refractivity contribution in [3.8, 4) is 5.69 Å². The number of piperidine rings is 1. The van der Waals surface area contributed by atoms with Crippen LogP contribution >= 0.6 is 0 Å². The molecule has 0 radical (unpaired) electrons. The molecule has 1 aromatic carbocycles. The molecule has 1 amide bonds. The van der Waals surface area contributed by atoms with Gasteiger partial charge in [-0.15, -0.1) is 0 Å². The molecular weight excluding hydrogens is 392 g/mol. The van der Waals surface area contributed by atoms with E-state index >= 15 is 0 Å². The molecule has 3 aliphatic rings. The molecule has 8 heteroatoms. The summed E-state index contributed by atoms with van der Waals surface area (Å²) in [5, 5.41) is 9.21. The lowest BCUT2D eigenvalue weighted by molar-refractivity contribution is -0.146. The largest absolute Gasteiger partial charge is 0.368 e. The molecule has 2 aromatic heterocycles. The lowest BCUT2D eigenvalue weighted by atomic mass is 9.83. The van der Waals surface area contributed by atoms with Crippen molar-refractivity contribution in [2.24, 2.45) is 5.92 Å². The number of hydrogen-bond acceptors (Lipinski definition) is 5. The van der Waals surface area contributed by atoms with E-state index in [4.69, 9.17) is 9.84 Å². The molecule has 31 heavy (non-hydrogen) atoms. The first-order chi connectivity index (χ1) is 15.2. The minimum Gasteiger partial charge on any atom is -0.368 e. The van der Waals surface area contributed by atoms with E-state index in [0.29, 0.717) is 26.2 Å². The number of aromatic nitrogens is 5. The fourth-order valence-corrected chi connectivity index (χ4v) is 5.28. The van der Waals surface area contributed by atoms with Gasteiger partial charge in [0.05, 0.1) is 30.5 Å². The summed E-state index contributed by atoms with van der Waals surface area (Å²) in [6, 6.07) is 10.2. The molecule has 8 nitrogen and oxygen atoms in total. The number of rotatable bonds is 2. The van der Waals surface area contributed by atoms with Gasteiger partial charge in [-0.05, 0) is 43.4 Å². The SMILES string of the molecule is O=C(C1CCc2ncnn2C1)N1CCC2(CC1)OCCc1cn(-c3ccccc3)nc12. The standard InChI is InChI=1S/C23H26N6O2/c30-22(18-6-7-20-24-16-25-29(20)15-18)27-11-9-23(10-12-27)21-17(8-13-31-23)14-28(26-21)19-4-2-1-3-5-19/h1-5,14,16,18H,6-13,15H2. The van der Waals surface area contributed by atoms with Crippen molar-refractivity contribution in [2.75, 3.05) is 19.7 Å². The third-order valence-electron chi connectivity index (χ3n) is 7.03. The molecule has 1 unspecified atom stereocenters. The molecule has 1 atom stereocenters. The molecule has 0 saturated carbocycles. The van der Waals surface area contributed by atoms with Gasteiger partial charge in [-0.1, -0.05) is 18.2 Å². The second kappa shape index (κ2) is 7.30. The average molecular weight is 419 g/mol. The van der Waals surface area contributed by atoms with E-state index in [0.717, 1.165) is 49.3 Å². The highest BCUT2D eigenvalue weighted by Crippen LogP contribution is 2.41. The van der Waals surface area contributed by atoms with Gasteiger partial charge in [0.1, 0.15) is 17.8 Å².